The largest absolute Gasteiger partial charge is 0.315 e. The lowest BCUT2D eigenvalue weighted by molar-refractivity contribution is 0.240. The monoisotopic (exact) mass is 226 g/mol. The minimum absolute atomic E-state index is 0.387. The van der Waals surface area contributed by atoms with Gasteiger partial charge in [0.15, 0.2) is 0 Å². The van der Waals surface area contributed by atoms with E-state index in [1.807, 2.05) is 0 Å². The van der Waals surface area contributed by atoms with Crippen LogP contribution in [0.5, 0.6) is 0 Å². The summed E-state index contributed by atoms with van der Waals surface area (Å²) in [4.78, 5) is 0. The zero-order chi connectivity index (χ0) is 12.2. The highest BCUT2D eigenvalue weighted by molar-refractivity contribution is 4.93. The van der Waals surface area contributed by atoms with E-state index in [0.717, 1.165) is 19.0 Å². The van der Waals surface area contributed by atoms with E-state index in [-0.39, 0.29) is 0 Å². The minimum atomic E-state index is 0.387. The summed E-state index contributed by atoms with van der Waals surface area (Å²) in [6.07, 6.45) is 3.91. The van der Waals surface area contributed by atoms with Gasteiger partial charge in [0.1, 0.15) is 0 Å². The van der Waals surface area contributed by atoms with Crippen molar-refractivity contribution in [2.45, 2.75) is 59.4 Å². The molecule has 0 radical (unpaired) electrons. The van der Waals surface area contributed by atoms with Crippen molar-refractivity contribution in [2.24, 2.45) is 11.3 Å². The number of hydrogen-bond acceptors (Lipinski definition) is 2. The average Bonchev–Trinajstić information content (AvgIpc) is 2.66. The number of nitrogens with one attached hydrogen (secondary N) is 2. The molecule has 0 spiro atoms. The van der Waals surface area contributed by atoms with Crippen LogP contribution >= 0.6 is 0 Å². The second-order valence-electron chi connectivity index (χ2n) is 6.56. The fraction of sp³-hybridized carbons (Fsp3) is 1.00. The van der Waals surface area contributed by atoms with Crippen LogP contribution in [0.2, 0.25) is 0 Å². The van der Waals surface area contributed by atoms with Gasteiger partial charge in [0.25, 0.3) is 0 Å². The van der Waals surface area contributed by atoms with Crippen LogP contribution in [0.1, 0.15) is 53.9 Å². The fourth-order valence-electron chi connectivity index (χ4n) is 2.28. The highest BCUT2D eigenvalue weighted by Gasteiger charge is 2.31. The van der Waals surface area contributed by atoms with Gasteiger partial charge in [-0.2, -0.15) is 0 Å². The molecule has 0 saturated carbocycles. The maximum absolute atomic E-state index is 3.67. The molecule has 1 aliphatic heterocycles. The molecule has 1 saturated heterocycles. The van der Waals surface area contributed by atoms with Gasteiger partial charge in [-0.25, -0.2) is 0 Å². The lowest BCUT2D eigenvalue weighted by Crippen LogP contribution is -2.49. The van der Waals surface area contributed by atoms with Crippen molar-refractivity contribution in [3.63, 3.8) is 0 Å². The smallest absolute Gasteiger partial charge is 0.0304 e. The molecule has 16 heavy (non-hydrogen) atoms. The second-order valence-corrected chi connectivity index (χ2v) is 6.56. The van der Waals surface area contributed by atoms with E-state index in [1.165, 1.54) is 25.8 Å². The van der Waals surface area contributed by atoms with E-state index in [2.05, 4.69) is 45.3 Å². The molecular weight excluding hydrogens is 196 g/mol. The van der Waals surface area contributed by atoms with Gasteiger partial charge < -0.3 is 10.6 Å². The quantitative estimate of drug-likeness (QED) is 0.753. The molecule has 0 amide bonds. The summed E-state index contributed by atoms with van der Waals surface area (Å²) < 4.78 is 0. The molecule has 2 N–H and O–H groups in total. The average molecular weight is 226 g/mol. The molecule has 0 bridgehead atoms. The van der Waals surface area contributed by atoms with E-state index >= 15 is 0 Å². The highest BCUT2D eigenvalue weighted by atomic mass is 15.1. The topological polar surface area (TPSA) is 24.1 Å². The summed E-state index contributed by atoms with van der Waals surface area (Å²) >= 11 is 0. The van der Waals surface area contributed by atoms with Crippen LogP contribution in [0.3, 0.4) is 0 Å². The van der Waals surface area contributed by atoms with Crippen molar-refractivity contribution in [3.05, 3.63) is 0 Å². The Bertz CT molecular complexity index is 199. The SMILES string of the molecule is CCC1(CNCC(C)C(C)(C)C)CCCN1. The van der Waals surface area contributed by atoms with Gasteiger partial charge in [-0.05, 0) is 43.7 Å². The van der Waals surface area contributed by atoms with Crippen LogP contribution in [0, 0.1) is 11.3 Å². The van der Waals surface area contributed by atoms with Crippen LogP contribution in [-0.4, -0.2) is 25.2 Å². The summed E-state index contributed by atoms with van der Waals surface area (Å²) in [5.74, 6) is 0.725. The lowest BCUT2D eigenvalue weighted by Gasteiger charge is -2.32. The first-order valence-electron chi connectivity index (χ1n) is 6.85. The first-order valence-corrected chi connectivity index (χ1v) is 6.85. The molecule has 1 aliphatic rings. The lowest BCUT2D eigenvalue weighted by atomic mass is 9.82. The number of hydrogen-bond donors (Lipinski definition) is 2. The van der Waals surface area contributed by atoms with Crippen LogP contribution < -0.4 is 10.6 Å². The highest BCUT2D eigenvalue weighted by Crippen LogP contribution is 2.25. The zero-order valence-electron chi connectivity index (χ0n) is 11.8. The molecule has 96 valence electrons. The molecule has 1 rings (SSSR count). The van der Waals surface area contributed by atoms with E-state index in [1.54, 1.807) is 0 Å². The molecule has 1 heterocycles. The van der Waals surface area contributed by atoms with Gasteiger partial charge in [-0.15, -0.1) is 0 Å². The Balaban J connectivity index is 2.29. The van der Waals surface area contributed by atoms with Gasteiger partial charge in [-0.3, -0.25) is 0 Å². The van der Waals surface area contributed by atoms with E-state index in [4.69, 9.17) is 0 Å². The second kappa shape index (κ2) is 5.50. The van der Waals surface area contributed by atoms with Crippen molar-refractivity contribution in [1.82, 2.24) is 10.6 Å². The number of rotatable bonds is 5. The van der Waals surface area contributed by atoms with E-state index < -0.39 is 0 Å². The fourth-order valence-corrected chi connectivity index (χ4v) is 2.28. The molecule has 1 fully saturated rings. The van der Waals surface area contributed by atoms with Gasteiger partial charge in [0, 0.05) is 12.1 Å². The first-order chi connectivity index (χ1) is 7.40. The van der Waals surface area contributed by atoms with Crippen molar-refractivity contribution < 1.29 is 0 Å². The van der Waals surface area contributed by atoms with Crippen molar-refractivity contribution >= 4 is 0 Å². The molecule has 0 aromatic carbocycles. The standard InChI is InChI=1S/C14H30N2/c1-6-14(8-7-9-16-14)11-15-10-12(2)13(3,4)5/h12,15-16H,6-11H2,1-5H3. The third kappa shape index (κ3) is 3.74. The molecule has 0 aromatic rings. The Morgan fingerprint density at radius 3 is 2.50 bits per heavy atom. The molecular formula is C14H30N2. The van der Waals surface area contributed by atoms with Crippen LogP contribution in [0.4, 0.5) is 0 Å². The molecule has 0 aromatic heterocycles. The Labute approximate surface area is 102 Å². The Hall–Kier alpha value is -0.0800. The maximum atomic E-state index is 3.67. The summed E-state index contributed by atoms with van der Waals surface area (Å²) in [7, 11) is 0. The molecule has 2 nitrogen and oxygen atoms in total. The van der Waals surface area contributed by atoms with Crippen LogP contribution in [0.15, 0.2) is 0 Å². The summed E-state index contributed by atoms with van der Waals surface area (Å²) in [6, 6.07) is 0. The predicted molar refractivity (Wildman–Crippen MR) is 71.7 cm³/mol. The van der Waals surface area contributed by atoms with E-state index in [0.29, 0.717) is 11.0 Å². The molecule has 2 unspecified atom stereocenters. The van der Waals surface area contributed by atoms with Crippen LogP contribution in [0.25, 0.3) is 0 Å². The molecule has 0 aliphatic carbocycles. The van der Waals surface area contributed by atoms with E-state index in [9.17, 15) is 0 Å². The summed E-state index contributed by atoms with van der Waals surface area (Å²) in [6.45, 7) is 15.1. The molecule has 2 atom stereocenters. The van der Waals surface area contributed by atoms with Gasteiger partial charge in [0.2, 0.25) is 0 Å². The first kappa shape index (κ1) is 14.0. The van der Waals surface area contributed by atoms with Gasteiger partial charge in [-0.1, -0.05) is 34.6 Å². The maximum Gasteiger partial charge on any atom is 0.0304 e. The molecule has 2 heteroatoms. The normalized spacial score (nSPS) is 28.3. The van der Waals surface area contributed by atoms with Gasteiger partial charge >= 0.3 is 0 Å². The summed E-state index contributed by atoms with van der Waals surface area (Å²) in [5.41, 5.74) is 0.799. The Morgan fingerprint density at radius 1 is 1.38 bits per heavy atom. The Kier molecular flexibility index (Phi) is 4.81. The van der Waals surface area contributed by atoms with Gasteiger partial charge in [0.05, 0.1) is 0 Å². The van der Waals surface area contributed by atoms with Crippen LogP contribution in [-0.2, 0) is 0 Å². The third-order valence-corrected chi connectivity index (χ3v) is 4.40. The van der Waals surface area contributed by atoms with Crippen molar-refractivity contribution in [3.8, 4) is 0 Å². The Morgan fingerprint density at radius 2 is 2.06 bits per heavy atom. The van der Waals surface area contributed by atoms with Crippen molar-refractivity contribution in [1.29, 1.82) is 0 Å². The van der Waals surface area contributed by atoms with Crippen molar-refractivity contribution in [2.75, 3.05) is 19.6 Å². The summed E-state index contributed by atoms with van der Waals surface area (Å²) in [5, 5.41) is 7.33. The third-order valence-electron chi connectivity index (χ3n) is 4.40. The predicted octanol–water partition coefficient (Wildman–Crippen LogP) is 2.79. The minimum Gasteiger partial charge on any atom is -0.315 e. The zero-order valence-corrected chi connectivity index (χ0v) is 11.8.